The Morgan fingerprint density at radius 1 is 1.30 bits per heavy atom. The molecule has 1 saturated carbocycles. The number of rotatable bonds is 8. The van der Waals surface area contributed by atoms with Crippen LogP contribution >= 0.6 is 0 Å². The lowest BCUT2D eigenvalue weighted by molar-refractivity contribution is -0.0237. The highest BCUT2D eigenvalue weighted by atomic mass is 16.6. The van der Waals surface area contributed by atoms with Crippen molar-refractivity contribution in [3.63, 3.8) is 0 Å². The number of ether oxygens (including phenoxy) is 3. The third kappa shape index (κ3) is 4.00. The maximum Gasteiger partial charge on any atom is 0.161 e. The van der Waals surface area contributed by atoms with Gasteiger partial charge in [-0.3, -0.25) is 0 Å². The largest absolute Gasteiger partial charge is 0.486 e. The van der Waals surface area contributed by atoms with Crippen LogP contribution in [0.3, 0.4) is 0 Å². The average molecular weight is 373 g/mol. The minimum atomic E-state index is -0.520. The van der Waals surface area contributed by atoms with Gasteiger partial charge in [0.2, 0.25) is 0 Å². The third-order valence-electron chi connectivity index (χ3n) is 6.48. The number of aliphatic hydroxyl groups excluding tert-OH is 1. The Hall–Kier alpha value is -1.56. The maximum atomic E-state index is 10.2. The Morgan fingerprint density at radius 2 is 2.11 bits per heavy atom. The molecule has 4 aliphatic rings. The molecule has 148 valence electrons. The Balaban J connectivity index is 1.12. The van der Waals surface area contributed by atoms with Crippen molar-refractivity contribution in [2.45, 2.75) is 38.9 Å². The van der Waals surface area contributed by atoms with Gasteiger partial charge in [-0.15, -0.1) is 0 Å². The van der Waals surface area contributed by atoms with E-state index in [1.54, 1.807) is 0 Å². The normalized spacial score (nSPS) is 28.9. The molecule has 0 aromatic heterocycles. The second-order valence-electron chi connectivity index (χ2n) is 8.65. The second kappa shape index (κ2) is 7.82. The fourth-order valence-electron chi connectivity index (χ4n) is 4.59. The molecule has 5 rings (SSSR count). The van der Waals surface area contributed by atoms with Crippen LogP contribution in [0.4, 0.5) is 0 Å². The van der Waals surface area contributed by atoms with Crippen LogP contribution in [0.1, 0.15) is 26.7 Å². The quantitative estimate of drug-likeness (QED) is 0.686. The standard InChI is InChI=1S/C22H31NO4/c1-22(2)16-8-7-15(19(22)9-16)12-25-13-17(24)10-23-11-18-14-26-20-5-3-4-6-21(20)27-18/h3-7,16-19,23-24H,8-14H2,1-2H3/t16-,17+,18+,19-/m0/s1. The van der Waals surface area contributed by atoms with E-state index < -0.39 is 6.10 Å². The Kier molecular flexibility index (Phi) is 5.44. The summed E-state index contributed by atoms with van der Waals surface area (Å²) in [6.45, 7) is 7.37. The molecule has 2 N–H and O–H groups in total. The predicted octanol–water partition coefficient (Wildman–Crippen LogP) is 2.79. The van der Waals surface area contributed by atoms with E-state index in [1.165, 1.54) is 18.4 Å². The zero-order valence-electron chi connectivity index (χ0n) is 16.3. The highest BCUT2D eigenvalue weighted by Gasteiger charge is 2.50. The molecule has 27 heavy (non-hydrogen) atoms. The summed E-state index contributed by atoms with van der Waals surface area (Å²) < 4.78 is 17.4. The van der Waals surface area contributed by atoms with Gasteiger partial charge in [0.25, 0.3) is 0 Å². The maximum absolute atomic E-state index is 10.2. The van der Waals surface area contributed by atoms with E-state index in [2.05, 4.69) is 25.2 Å². The van der Waals surface area contributed by atoms with Crippen LogP contribution in [0.2, 0.25) is 0 Å². The summed E-state index contributed by atoms with van der Waals surface area (Å²) in [5.41, 5.74) is 1.85. The van der Waals surface area contributed by atoms with Gasteiger partial charge in [-0.2, -0.15) is 0 Å². The average Bonchev–Trinajstić information content (AvgIpc) is 2.68. The van der Waals surface area contributed by atoms with E-state index in [-0.39, 0.29) is 6.10 Å². The molecular formula is C22H31NO4. The molecule has 0 spiro atoms. The molecule has 5 nitrogen and oxygen atoms in total. The molecule has 1 aromatic rings. The zero-order chi connectivity index (χ0) is 18.9. The number of hydrogen-bond acceptors (Lipinski definition) is 5. The van der Waals surface area contributed by atoms with Crippen LogP contribution in [-0.2, 0) is 4.74 Å². The summed E-state index contributed by atoms with van der Waals surface area (Å²) in [5, 5.41) is 13.4. The molecule has 0 unspecified atom stereocenters. The van der Waals surface area contributed by atoms with Crippen LogP contribution in [0, 0.1) is 17.3 Å². The van der Waals surface area contributed by atoms with Crippen molar-refractivity contribution in [2.75, 3.05) is 32.9 Å². The molecule has 2 bridgehead atoms. The molecule has 0 radical (unpaired) electrons. The van der Waals surface area contributed by atoms with Gasteiger partial charge >= 0.3 is 0 Å². The molecule has 0 saturated heterocycles. The molecule has 1 aliphatic heterocycles. The van der Waals surface area contributed by atoms with Gasteiger partial charge in [-0.25, -0.2) is 0 Å². The lowest BCUT2D eigenvalue weighted by Crippen LogP contribution is -2.48. The van der Waals surface area contributed by atoms with Crippen LogP contribution in [0.25, 0.3) is 0 Å². The van der Waals surface area contributed by atoms with Crippen molar-refractivity contribution in [3.8, 4) is 11.5 Å². The first-order valence-corrected chi connectivity index (χ1v) is 10.1. The van der Waals surface area contributed by atoms with E-state index in [0.717, 1.165) is 17.4 Å². The third-order valence-corrected chi connectivity index (χ3v) is 6.48. The minimum Gasteiger partial charge on any atom is -0.486 e. The molecule has 3 aliphatic carbocycles. The Labute approximate surface area is 161 Å². The zero-order valence-corrected chi connectivity index (χ0v) is 16.3. The highest BCUT2D eigenvalue weighted by Crippen LogP contribution is 2.59. The van der Waals surface area contributed by atoms with Crippen molar-refractivity contribution in [2.24, 2.45) is 17.3 Å². The molecule has 5 heteroatoms. The predicted molar refractivity (Wildman–Crippen MR) is 104 cm³/mol. The fourth-order valence-corrected chi connectivity index (χ4v) is 4.59. The monoisotopic (exact) mass is 373 g/mol. The van der Waals surface area contributed by atoms with E-state index >= 15 is 0 Å². The number of hydrogen-bond donors (Lipinski definition) is 2. The SMILES string of the molecule is CC1(C)[C@H]2CC=C(COC[C@H](O)CNC[C@@H]3COc4ccccc4O3)[C@@H]1C2. The first kappa shape index (κ1) is 18.8. The summed E-state index contributed by atoms with van der Waals surface area (Å²) in [6.07, 6.45) is 4.27. The summed E-state index contributed by atoms with van der Waals surface area (Å²) in [4.78, 5) is 0. The first-order chi connectivity index (χ1) is 13.0. The van der Waals surface area contributed by atoms with Gasteiger partial charge in [0.1, 0.15) is 12.7 Å². The summed E-state index contributed by atoms with van der Waals surface area (Å²) in [5.74, 6) is 3.08. The number of aliphatic hydroxyl groups is 1. The van der Waals surface area contributed by atoms with Crippen LogP contribution in [0.5, 0.6) is 11.5 Å². The van der Waals surface area contributed by atoms with Crippen molar-refractivity contribution >= 4 is 0 Å². The number of allylic oxidation sites excluding steroid dienone is 1. The Bertz CT molecular complexity index is 687. The van der Waals surface area contributed by atoms with Gasteiger partial charge in [0, 0.05) is 13.1 Å². The Morgan fingerprint density at radius 3 is 2.89 bits per heavy atom. The number of para-hydroxylation sites is 2. The van der Waals surface area contributed by atoms with E-state index in [9.17, 15) is 5.11 Å². The molecule has 1 fully saturated rings. The topological polar surface area (TPSA) is 60.0 Å². The lowest BCUT2D eigenvalue weighted by Gasteiger charge is -2.56. The highest BCUT2D eigenvalue weighted by molar-refractivity contribution is 5.40. The summed E-state index contributed by atoms with van der Waals surface area (Å²) in [7, 11) is 0. The first-order valence-electron chi connectivity index (χ1n) is 10.1. The number of benzene rings is 1. The second-order valence-corrected chi connectivity index (χ2v) is 8.65. The molecular weight excluding hydrogens is 342 g/mol. The van der Waals surface area contributed by atoms with Gasteiger partial charge in [-0.1, -0.05) is 32.1 Å². The molecule has 1 aromatic carbocycles. The van der Waals surface area contributed by atoms with Gasteiger partial charge < -0.3 is 24.6 Å². The van der Waals surface area contributed by atoms with E-state index in [4.69, 9.17) is 14.2 Å². The lowest BCUT2D eigenvalue weighted by atomic mass is 9.49. The van der Waals surface area contributed by atoms with Crippen LogP contribution < -0.4 is 14.8 Å². The number of nitrogens with one attached hydrogen (secondary N) is 1. The smallest absolute Gasteiger partial charge is 0.161 e. The molecule has 1 heterocycles. The van der Waals surface area contributed by atoms with Crippen LogP contribution in [-0.4, -0.2) is 50.2 Å². The van der Waals surface area contributed by atoms with Crippen molar-refractivity contribution < 1.29 is 19.3 Å². The van der Waals surface area contributed by atoms with Crippen molar-refractivity contribution in [1.29, 1.82) is 0 Å². The van der Waals surface area contributed by atoms with Crippen molar-refractivity contribution in [1.82, 2.24) is 5.32 Å². The number of fused-ring (bicyclic) bond motifs is 2. The van der Waals surface area contributed by atoms with E-state index in [0.29, 0.717) is 44.2 Å². The van der Waals surface area contributed by atoms with E-state index in [1.807, 2.05) is 24.3 Å². The van der Waals surface area contributed by atoms with Crippen molar-refractivity contribution in [3.05, 3.63) is 35.9 Å². The summed E-state index contributed by atoms with van der Waals surface area (Å²) in [6, 6.07) is 7.69. The van der Waals surface area contributed by atoms with Gasteiger partial charge in [0.15, 0.2) is 11.5 Å². The molecule has 4 atom stereocenters. The fraction of sp³-hybridized carbons (Fsp3) is 0.636. The molecule has 0 amide bonds. The minimum absolute atomic E-state index is 0.0470. The summed E-state index contributed by atoms with van der Waals surface area (Å²) >= 11 is 0. The van der Waals surface area contributed by atoms with Gasteiger partial charge in [0.05, 0.1) is 19.3 Å². The van der Waals surface area contributed by atoms with Crippen LogP contribution in [0.15, 0.2) is 35.9 Å². The van der Waals surface area contributed by atoms with Gasteiger partial charge in [-0.05, 0) is 47.8 Å².